The SMILES string of the molecule is NCc1ccc(C2=COC(c3cc(Cl)cc(Cl)c3)(C(F)(F)F)C2)cc1Cl. The molecule has 1 aliphatic heterocycles. The smallest absolute Gasteiger partial charge is 0.432 e. The molecule has 0 fully saturated rings. The first-order chi connectivity index (χ1) is 12.2. The minimum Gasteiger partial charge on any atom is -0.480 e. The molecule has 138 valence electrons. The van der Waals surface area contributed by atoms with Gasteiger partial charge in [-0.3, -0.25) is 0 Å². The Bertz CT molecular complexity index is 862. The van der Waals surface area contributed by atoms with Crippen LogP contribution in [0.4, 0.5) is 13.2 Å². The Morgan fingerprint density at radius 1 is 1.04 bits per heavy atom. The van der Waals surface area contributed by atoms with Crippen LogP contribution in [0.15, 0.2) is 42.7 Å². The first-order valence-electron chi connectivity index (χ1n) is 7.55. The van der Waals surface area contributed by atoms with Gasteiger partial charge in [0.25, 0.3) is 0 Å². The number of alkyl halides is 3. The second-order valence-corrected chi connectivity index (χ2v) is 7.21. The van der Waals surface area contributed by atoms with Crippen LogP contribution >= 0.6 is 34.8 Å². The lowest BCUT2D eigenvalue weighted by atomic mass is 9.86. The highest BCUT2D eigenvalue weighted by Gasteiger charge is 2.60. The van der Waals surface area contributed by atoms with Crippen LogP contribution in [0.3, 0.4) is 0 Å². The molecule has 2 nitrogen and oxygen atoms in total. The summed E-state index contributed by atoms with van der Waals surface area (Å²) in [6, 6.07) is 8.72. The molecule has 1 aliphatic rings. The zero-order valence-corrected chi connectivity index (χ0v) is 15.5. The largest absolute Gasteiger partial charge is 0.480 e. The van der Waals surface area contributed by atoms with Crippen LogP contribution < -0.4 is 5.73 Å². The molecule has 0 bridgehead atoms. The summed E-state index contributed by atoms with van der Waals surface area (Å²) in [6.07, 6.45) is -4.00. The fourth-order valence-electron chi connectivity index (χ4n) is 2.89. The molecule has 1 unspecified atom stereocenters. The third kappa shape index (κ3) is 3.41. The van der Waals surface area contributed by atoms with Crippen molar-refractivity contribution in [1.82, 2.24) is 0 Å². The molecule has 3 rings (SSSR count). The zero-order chi connectivity index (χ0) is 19.1. The predicted octanol–water partition coefficient (Wildman–Crippen LogP) is 6.32. The molecule has 0 saturated heterocycles. The van der Waals surface area contributed by atoms with Gasteiger partial charge in [-0.15, -0.1) is 0 Å². The maximum Gasteiger partial charge on any atom is 0.432 e. The Kier molecular flexibility index (Phi) is 5.19. The number of halogens is 6. The second-order valence-electron chi connectivity index (χ2n) is 5.93. The van der Waals surface area contributed by atoms with Crippen molar-refractivity contribution >= 4 is 40.4 Å². The van der Waals surface area contributed by atoms with E-state index in [1.165, 1.54) is 18.2 Å². The van der Waals surface area contributed by atoms with E-state index in [9.17, 15) is 13.2 Å². The maximum absolute atomic E-state index is 14.0. The van der Waals surface area contributed by atoms with Crippen LogP contribution in [-0.4, -0.2) is 6.18 Å². The molecule has 0 spiro atoms. The molecular formula is C18H13Cl3F3NO. The van der Waals surface area contributed by atoms with Gasteiger partial charge in [0.15, 0.2) is 0 Å². The van der Waals surface area contributed by atoms with E-state index in [4.69, 9.17) is 45.3 Å². The summed E-state index contributed by atoms with van der Waals surface area (Å²) in [5.41, 5.74) is 4.45. The standard InChI is InChI=1S/C18H13Cl3F3NO/c19-14-4-13(5-15(20)6-14)17(18(22,23)24)7-12(9-26-17)10-1-2-11(8-25)16(21)3-10/h1-6,9H,7-8,25H2. The molecular weight excluding hydrogens is 410 g/mol. The molecule has 0 amide bonds. The van der Waals surface area contributed by atoms with Gasteiger partial charge in [0.2, 0.25) is 5.60 Å². The molecule has 1 heterocycles. The van der Waals surface area contributed by atoms with Gasteiger partial charge in [-0.25, -0.2) is 0 Å². The minimum absolute atomic E-state index is 0.100. The van der Waals surface area contributed by atoms with Gasteiger partial charge in [-0.1, -0.05) is 46.9 Å². The van der Waals surface area contributed by atoms with Crippen molar-refractivity contribution in [1.29, 1.82) is 0 Å². The monoisotopic (exact) mass is 421 g/mol. The summed E-state index contributed by atoms with van der Waals surface area (Å²) >= 11 is 17.9. The average Bonchev–Trinajstić information content (AvgIpc) is 3.00. The van der Waals surface area contributed by atoms with Crippen LogP contribution in [0.25, 0.3) is 5.57 Å². The summed E-state index contributed by atoms with van der Waals surface area (Å²) < 4.78 is 47.1. The van der Waals surface area contributed by atoms with Gasteiger partial charge >= 0.3 is 6.18 Å². The van der Waals surface area contributed by atoms with Crippen molar-refractivity contribution in [2.45, 2.75) is 24.7 Å². The number of hydrogen-bond donors (Lipinski definition) is 1. The molecule has 1 atom stereocenters. The Morgan fingerprint density at radius 3 is 2.23 bits per heavy atom. The third-order valence-corrected chi connectivity index (χ3v) is 5.06. The fraction of sp³-hybridized carbons (Fsp3) is 0.222. The maximum atomic E-state index is 14.0. The van der Waals surface area contributed by atoms with Gasteiger partial charge in [-0.05, 0) is 41.0 Å². The van der Waals surface area contributed by atoms with Crippen molar-refractivity contribution < 1.29 is 17.9 Å². The quantitative estimate of drug-likeness (QED) is 0.628. The topological polar surface area (TPSA) is 35.2 Å². The van der Waals surface area contributed by atoms with Crippen LogP contribution in [-0.2, 0) is 16.9 Å². The lowest BCUT2D eigenvalue weighted by molar-refractivity contribution is -0.260. The zero-order valence-electron chi connectivity index (χ0n) is 13.2. The molecule has 0 radical (unpaired) electrons. The van der Waals surface area contributed by atoms with Crippen LogP contribution in [0.5, 0.6) is 0 Å². The number of rotatable bonds is 3. The molecule has 0 aromatic heterocycles. The van der Waals surface area contributed by atoms with E-state index < -0.39 is 18.2 Å². The number of benzene rings is 2. The van der Waals surface area contributed by atoms with E-state index in [1.54, 1.807) is 18.2 Å². The molecule has 2 aromatic carbocycles. The van der Waals surface area contributed by atoms with Crippen LogP contribution in [0.1, 0.15) is 23.1 Å². The summed E-state index contributed by atoms with van der Waals surface area (Å²) in [6.45, 7) is 0.238. The lowest BCUT2D eigenvalue weighted by Gasteiger charge is -2.32. The van der Waals surface area contributed by atoms with Crippen molar-refractivity contribution in [3.05, 3.63) is 74.4 Å². The van der Waals surface area contributed by atoms with E-state index in [0.717, 1.165) is 6.26 Å². The predicted molar refractivity (Wildman–Crippen MR) is 97.2 cm³/mol. The third-order valence-electron chi connectivity index (χ3n) is 4.27. The Balaban J connectivity index is 2.02. The lowest BCUT2D eigenvalue weighted by Crippen LogP contribution is -2.42. The van der Waals surface area contributed by atoms with E-state index in [0.29, 0.717) is 21.7 Å². The van der Waals surface area contributed by atoms with Crippen molar-refractivity contribution in [2.24, 2.45) is 5.73 Å². The van der Waals surface area contributed by atoms with Gasteiger partial charge < -0.3 is 10.5 Å². The summed E-state index contributed by atoms with van der Waals surface area (Å²) in [4.78, 5) is 0. The van der Waals surface area contributed by atoms with Crippen molar-refractivity contribution in [2.75, 3.05) is 0 Å². The molecule has 2 aromatic rings. The van der Waals surface area contributed by atoms with Gasteiger partial charge in [0, 0.05) is 33.6 Å². The molecule has 0 saturated carbocycles. The van der Waals surface area contributed by atoms with Crippen LogP contribution in [0, 0.1) is 0 Å². The van der Waals surface area contributed by atoms with E-state index in [-0.39, 0.29) is 22.2 Å². The summed E-state index contributed by atoms with van der Waals surface area (Å²) in [5, 5.41) is 0.591. The first kappa shape index (κ1) is 19.4. The summed E-state index contributed by atoms with van der Waals surface area (Å²) in [7, 11) is 0. The Labute approximate surface area is 163 Å². The van der Waals surface area contributed by atoms with Gasteiger partial charge in [0.05, 0.1) is 6.26 Å². The van der Waals surface area contributed by atoms with E-state index in [2.05, 4.69) is 0 Å². The molecule has 2 N–H and O–H groups in total. The molecule has 8 heteroatoms. The highest BCUT2D eigenvalue weighted by atomic mass is 35.5. The van der Waals surface area contributed by atoms with E-state index >= 15 is 0 Å². The number of ether oxygens (including phenoxy) is 1. The number of hydrogen-bond acceptors (Lipinski definition) is 2. The first-order valence-corrected chi connectivity index (χ1v) is 8.69. The van der Waals surface area contributed by atoms with Crippen molar-refractivity contribution in [3.8, 4) is 0 Å². The average molecular weight is 423 g/mol. The summed E-state index contributed by atoms with van der Waals surface area (Å²) in [5.74, 6) is 0. The van der Waals surface area contributed by atoms with Gasteiger partial charge in [-0.2, -0.15) is 13.2 Å². The second kappa shape index (κ2) is 6.97. The Hall–Kier alpha value is -1.40. The Morgan fingerprint density at radius 2 is 1.69 bits per heavy atom. The van der Waals surface area contributed by atoms with E-state index in [1.807, 2.05) is 0 Å². The fourth-order valence-corrected chi connectivity index (χ4v) is 3.68. The number of nitrogens with two attached hydrogens (primary N) is 1. The highest BCUT2D eigenvalue weighted by Crippen LogP contribution is 2.52. The normalized spacial score (nSPS) is 20.0. The van der Waals surface area contributed by atoms with Crippen LogP contribution in [0.2, 0.25) is 15.1 Å². The van der Waals surface area contributed by atoms with Gasteiger partial charge in [0.1, 0.15) is 0 Å². The molecule has 0 aliphatic carbocycles. The minimum atomic E-state index is -4.68. The molecule has 26 heavy (non-hydrogen) atoms. The highest BCUT2D eigenvalue weighted by molar-refractivity contribution is 6.34. The van der Waals surface area contributed by atoms with Crippen molar-refractivity contribution in [3.63, 3.8) is 0 Å².